The van der Waals surface area contributed by atoms with E-state index in [-0.39, 0.29) is 22.2 Å². The third-order valence-corrected chi connectivity index (χ3v) is 5.39. The lowest BCUT2D eigenvalue weighted by Gasteiger charge is -2.13. The summed E-state index contributed by atoms with van der Waals surface area (Å²) in [4.78, 5) is 16.4. The van der Waals surface area contributed by atoms with E-state index in [1.54, 1.807) is 18.2 Å². The molecule has 0 spiro atoms. The Morgan fingerprint density at radius 3 is 2.56 bits per heavy atom. The highest BCUT2D eigenvalue weighted by Crippen LogP contribution is 2.31. The molecule has 174 valence electrons. The molecular formula is C26H20ClF2NO4. The molecule has 0 amide bonds. The van der Waals surface area contributed by atoms with Crippen LogP contribution in [0.3, 0.4) is 0 Å². The average Bonchev–Trinajstić information content (AvgIpc) is 3.16. The van der Waals surface area contributed by atoms with Crippen LogP contribution >= 0.6 is 11.6 Å². The number of aliphatic imine (C=N–C) groups is 1. The van der Waals surface area contributed by atoms with Crippen molar-refractivity contribution in [2.24, 2.45) is 4.99 Å². The molecule has 0 N–H and O–H groups in total. The summed E-state index contributed by atoms with van der Waals surface area (Å²) in [7, 11) is 0. The van der Waals surface area contributed by atoms with Crippen LogP contribution in [0, 0.1) is 18.6 Å². The van der Waals surface area contributed by atoms with E-state index in [1.807, 2.05) is 38.1 Å². The Bertz CT molecular complexity index is 1320. The minimum Gasteiger partial charge on any atom is -0.490 e. The molecule has 0 aliphatic carbocycles. The van der Waals surface area contributed by atoms with Crippen molar-refractivity contribution in [1.29, 1.82) is 0 Å². The fourth-order valence-electron chi connectivity index (χ4n) is 3.30. The van der Waals surface area contributed by atoms with E-state index in [1.165, 1.54) is 6.08 Å². The summed E-state index contributed by atoms with van der Waals surface area (Å²) in [6.45, 7) is 4.66. The van der Waals surface area contributed by atoms with Gasteiger partial charge in [0, 0.05) is 0 Å². The molecule has 1 aliphatic rings. The maximum atomic E-state index is 13.6. The Morgan fingerprint density at radius 2 is 1.79 bits per heavy atom. The van der Waals surface area contributed by atoms with Crippen molar-refractivity contribution in [3.8, 4) is 11.5 Å². The van der Waals surface area contributed by atoms with Crippen molar-refractivity contribution in [2.75, 3.05) is 6.61 Å². The minimum absolute atomic E-state index is 0.0210. The van der Waals surface area contributed by atoms with E-state index in [2.05, 4.69) is 4.99 Å². The van der Waals surface area contributed by atoms with Crippen molar-refractivity contribution >= 4 is 29.5 Å². The highest BCUT2D eigenvalue weighted by molar-refractivity contribution is 6.34. The number of halogens is 3. The molecule has 0 atom stereocenters. The molecule has 0 aromatic heterocycles. The number of aryl methyl sites for hydroxylation is 1. The highest BCUT2D eigenvalue weighted by Gasteiger charge is 2.27. The maximum Gasteiger partial charge on any atom is 0.363 e. The van der Waals surface area contributed by atoms with E-state index in [0.29, 0.717) is 30.3 Å². The van der Waals surface area contributed by atoms with E-state index < -0.39 is 17.6 Å². The van der Waals surface area contributed by atoms with Gasteiger partial charge in [-0.05, 0) is 60.9 Å². The smallest absolute Gasteiger partial charge is 0.363 e. The number of hydrogen-bond acceptors (Lipinski definition) is 5. The summed E-state index contributed by atoms with van der Waals surface area (Å²) in [6.07, 6.45) is 1.50. The highest BCUT2D eigenvalue weighted by atomic mass is 35.5. The van der Waals surface area contributed by atoms with Crippen molar-refractivity contribution in [3.63, 3.8) is 0 Å². The SMILES string of the molecule is CCOc1cc(/C=C2\N=C(c3cc(F)c(F)cc3Cl)OC2=O)ccc1OCc1ccccc1C. The topological polar surface area (TPSA) is 57.1 Å². The van der Waals surface area contributed by atoms with Gasteiger partial charge in [-0.1, -0.05) is 41.9 Å². The van der Waals surface area contributed by atoms with Crippen molar-refractivity contribution < 1.29 is 27.8 Å². The molecule has 0 fully saturated rings. The Morgan fingerprint density at radius 1 is 1.03 bits per heavy atom. The Hall–Kier alpha value is -3.71. The zero-order valence-electron chi connectivity index (χ0n) is 18.4. The number of carbonyl (C=O) groups is 1. The zero-order valence-corrected chi connectivity index (χ0v) is 19.2. The molecule has 0 radical (unpaired) electrons. The number of carbonyl (C=O) groups excluding carboxylic acids is 1. The van der Waals surface area contributed by atoms with Crippen LogP contribution in [-0.4, -0.2) is 18.5 Å². The summed E-state index contributed by atoms with van der Waals surface area (Å²) in [5, 5.41) is -0.125. The molecule has 0 saturated heterocycles. The first-order chi connectivity index (χ1) is 16.4. The molecule has 34 heavy (non-hydrogen) atoms. The van der Waals surface area contributed by atoms with Gasteiger partial charge in [0.25, 0.3) is 0 Å². The summed E-state index contributed by atoms with van der Waals surface area (Å²) >= 11 is 5.97. The van der Waals surface area contributed by atoms with Gasteiger partial charge in [-0.2, -0.15) is 0 Å². The van der Waals surface area contributed by atoms with Gasteiger partial charge in [-0.3, -0.25) is 0 Å². The number of nitrogens with zero attached hydrogens (tertiary/aromatic N) is 1. The molecule has 0 bridgehead atoms. The van der Waals surface area contributed by atoms with Crippen molar-refractivity contribution in [3.05, 3.63) is 99.2 Å². The number of rotatable bonds is 7. The molecule has 1 heterocycles. The molecule has 0 unspecified atom stereocenters. The van der Waals surface area contributed by atoms with Crippen molar-refractivity contribution in [2.45, 2.75) is 20.5 Å². The van der Waals surface area contributed by atoms with E-state index in [4.69, 9.17) is 25.8 Å². The second kappa shape index (κ2) is 10.1. The average molecular weight is 484 g/mol. The van der Waals surface area contributed by atoms with Crippen LogP contribution in [0.15, 0.2) is 65.3 Å². The number of esters is 1. The molecule has 0 saturated carbocycles. The van der Waals surface area contributed by atoms with Gasteiger partial charge in [-0.15, -0.1) is 0 Å². The van der Waals surface area contributed by atoms with Gasteiger partial charge in [0.1, 0.15) is 6.61 Å². The summed E-state index contributed by atoms with van der Waals surface area (Å²) in [6, 6.07) is 14.8. The van der Waals surface area contributed by atoms with Crippen LogP contribution in [0.4, 0.5) is 8.78 Å². The first-order valence-electron chi connectivity index (χ1n) is 10.5. The molecule has 4 rings (SSSR count). The second-order valence-electron chi connectivity index (χ2n) is 7.44. The molecule has 3 aromatic carbocycles. The lowest BCUT2D eigenvalue weighted by atomic mass is 10.1. The minimum atomic E-state index is -1.13. The number of benzene rings is 3. The number of ether oxygens (including phenoxy) is 3. The van der Waals surface area contributed by atoms with Crippen LogP contribution in [0.2, 0.25) is 5.02 Å². The van der Waals surface area contributed by atoms with E-state index in [0.717, 1.165) is 23.3 Å². The largest absolute Gasteiger partial charge is 0.490 e. The Kier molecular flexibility index (Phi) is 6.93. The van der Waals surface area contributed by atoms with Crippen LogP contribution in [0.5, 0.6) is 11.5 Å². The third-order valence-electron chi connectivity index (χ3n) is 5.08. The first-order valence-corrected chi connectivity index (χ1v) is 10.8. The normalized spacial score (nSPS) is 14.2. The van der Waals surface area contributed by atoms with E-state index in [9.17, 15) is 13.6 Å². The van der Waals surface area contributed by atoms with Crippen LogP contribution in [0.1, 0.15) is 29.2 Å². The molecule has 3 aromatic rings. The predicted octanol–water partition coefficient (Wildman–Crippen LogP) is 6.25. The van der Waals surface area contributed by atoms with Crippen LogP contribution in [-0.2, 0) is 16.1 Å². The monoisotopic (exact) mass is 483 g/mol. The molecule has 5 nitrogen and oxygen atoms in total. The van der Waals surface area contributed by atoms with Gasteiger partial charge in [0.05, 0.1) is 17.2 Å². The first kappa shape index (κ1) is 23.4. The second-order valence-corrected chi connectivity index (χ2v) is 7.84. The maximum absolute atomic E-state index is 13.6. The summed E-state index contributed by atoms with van der Waals surface area (Å²) in [5.41, 5.74) is 2.75. The van der Waals surface area contributed by atoms with E-state index >= 15 is 0 Å². The molecule has 8 heteroatoms. The molecule has 1 aliphatic heterocycles. The standard InChI is InChI=1S/C26H20ClF2NO4/c1-3-32-24-11-16(8-9-23(24)33-14-17-7-5-4-6-15(17)2)10-22-26(31)34-25(30-22)18-12-20(28)21(29)13-19(18)27/h4-13H,3,14H2,1-2H3/b22-10-. The zero-order chi connectivity index (χ0) is 24.2. The fourth-order valence-corrected chi connectivity index (χ4v) is 3.53. The lowest BCUT2D eigenvalue weighted by Crippen LogP contribution is -2.07. The Balaban J connectivity index is 1.59. The van der Waals surface area contributed by atoms with Crippen LogP contribution in [0.25, 0.3) is 6.08 Å². The fraction of sp³-hybridized carbons (Fsp3) is 0.154. The third kappa shape index (κ3) is 5.10. The van der Waals surface area contributed by atoms with Gasteiger partial charge < -0.3 is 14.2 Å². The van der Waals surface area contributed by atoms with Gasteiger partial charge in [0.2, 0.25) is 5.90 Å². The predicted molar refractivity (Wildman–Crippen MR) is 125 cm³/mol. The quantitative estimate of drug-likeness (QED) is 0.226. The van der Waals surface area contributed by atoms with Gasteiger partial charge in [-0.25, -0.2) is 18.6 Å². The van der Waals surface area contributed by atoms with Gasteiger partial charge >= 0.3 is 5.97 Å². The lowest BCUT2D eigenvalue weighted by molar-refractivity contribution is -0.129. The Labute approximate surface area is 200 Å². The van der Waals surface area contributed by atoms with Gasteiger partial charge in [0.15, 0.2) is 28.8 Å². The van der Waals surface area contributed by atoms with Crippen molar-refractivity contribution in [1.82, 2.24) is 0 Å². The molecular weight excluding hydrogens is 464 g/mol. The summed E-state index contributed by atoms with van der Waals surface area (Å²) < 4.78 is 43.8. The number of cyclic esters (lactones) is 1. The van der Waals surface area contributed by atoms with Crippen LogP contribution < -0.4 is 9.47 Å². The number of hydrogen-bond donors (Lipinski definition) is 0. The summed E-state index contributed by atoms with van der Waals surface area (Å²) in [5.74, 6) is -2.12.